The standard InChI is InChI=1S/C18H25N3O4S/c1-4-11-25-17(24)10-9-15(22)20-18(26)19-14-7-5-13(6-8-14)12-16(23)21(2)3/h5-8H,4,9-12H2,1-3H3,(H2,19,20,22,26). The zero-order valence-electron chi connectivity index (χ0n) is 15.3. The van der Waals surface area contributed by atoms with Crippen molar-refractivity contribution >= 4 is 40.8 Å². The first-order valence-electron chi connectivity index (χ1n) is 8.37. The molecule has 2 amide bonds. The number of benzene rings is 1. The van der Waals surface area contributed by atoms with Gasteiger partial charge in [0.25, 0.3) is 0 Å². The van der Waals surface area contributed by atoms with Crippen LogP contribution in [0.4, 0.5) is 5.69 Å². The van der Waals surface area contributed by atoms with Crippen LogP contribution in [-0.4, -0.2) is 48.5 Å². The lowest BCUT2D eigenvalue weighted by Crippen LogP contribution is -2.34. The molecule has 1 aromatic carbocycles. The third-order valence-corrected chi connectivity index (χ3v) is 3.55. The Morgan fingerprint density at radius 1 is 1.12 bits per heavy atom. The molecule has 0 bridgehead atoms. The fourth-order valence-electron chi connectivity index (χ4n) is 1.89. The van der Waals surface area contributed by atoms with E-state index in [4.69, 9.17) is 17.0 Å². The van der Waals surface area contributed by atoms with Crippen molar-refractivity contribution in [2.45, 2.75) is 32.6 Å². The van der Waals surface area contributed by atoms with Crippen LogP contribution in [0.15, 0.2) is 24.3 Å². The van der Waals surface area contributed by atoms with E-state index in [-0.39, 0.29) is 29.8 Å². The van der Waals surface area contributed by atoms with Gasteiger partial charge in [-0.05, 0) is 36.3 Å². The predicted molar refractivity (Wildman–Crippen MR) is 104 cm³/mol. The molecular formula is C18H25N3O4S. The number of ether oxygens (including phenoxy) is 1. The van der Waals surface area contributed by atoms with Crippen LogP contribution in [0, 0.1) is 0 Å². The Balaban J connectivity index is 2.39. The van der Waals surface area contributed by atoms with E-state index >= 15 is 0 Å². The maximum atomic E-state index is 11.8. The molecule has 0 aliphatic carbocycles. The molecule has 0 heterocycles. The van der Waals surface area contributed by atoms with Gasteiger partial charge >= 0.3 is 5.97 Å². The average molecular weight is 379 g/mol. The highest BCUT2D eigenvalue weighted by Crippen LogP contribution is 2.10. The monoisotopic (exact) mass is 379 g/mol. The van der Waals surface area contributed by atoms with E-state index in [1.807, 2.05) is 19.1 Å². The maximum absolute atomic E-state index is 11.8. The Bertz CT molecular complexity index is 644. The minimum atomic E-state index is -0.399. The lowest BCUT2D eigenvalue weighted by molar-refractivity contribution is -0.144. The van der Waals surface area contributed by atoms with Crippen molar-refractivity contribution in [1.82, 2.24) is 10.2 Å². The lowest BCUT2D eigenvalue weighted by Gasteiger charge is -2.12. The quantitative estimate of drug-likeness (QED) is 0.530. The number of carbonyl (C=O) groups excluding carboxylic acids is 3. The number of amides is 2. The molecule has 2 N–H and O–H groups in total. The minimum absolute atomic E-state index is 0.00987. The van der Waals surface area contributed by atoms with E-state index in [9.17, 15) is 14.4 Å². The van der Waals surface area contributed by atoms with E-state index in [2.05, 4.69) is 10.6 Å². The summed E-state index contributed by atoms with van der Waals surface area (Å²) >= 11 is 5.08. The van der Waals surface area contributed by atoms with Crippen LogP contribution in [0.2, 0.25) is 0 Å². The number of rotatable bonds is 8. The van der Waals surface area contributed by atoms with Gasteiger partial charge < -0.3 is 20.3 Å². The number of thiocarbonyl (C=S) groups is 1. The molecular weight excluding hydrogens is 354 g/mol. The van der Waals surface area contributed by atoms with E-state index in [0.29, 0.717) is 18.7 Å². The molecule has 0 aliphatic heterocycles. The highest BCUT2D eigenvalue weighted by atomic mass is 32.1. The van der Waals surface area contributed by atoms with E-state index in [1.165, 1.54) is 4.90 Å². The van der Waals surface area contributed by atoms with E-state index < -0.39 is 5.97 Å². The van der Waals surface area contributed by atoms with Gasteiger partial charge in [-0.3, -0.25) is 14.4 Å². The van der Waals surface area contributed by atoms with Gasteiger partial charge in [0.2, 0.25) is 11.8 Å². The Morgan fingerprint density at radius 2 is 1.77 bits per heavy atom. The zero-order valence-corrected chi connectivity index (χ0v) is 16.1. The molecule has 0 radical (unpaired) electrons. The fourth-order valence-corrected chi connectivity index (χ4v) is 2.13. The summed E-state index contributed by atoms with van der Waals surface area (Å²) in [6.45, 7) is 2.26. The second kappa shape index (κ2) is 11.2. The number of likely N-dealkylation sites (N-methyl/N-ethyl adjacent to an activating group) is 1. The largest absolute Gasteiger partial charge is 0.466 e. The Hall–Kier alpha value is -2.48. The minimum Gasteiger partial charge on any atom is -0.466 e. The summed E-state index contributed by atoms with van der Waals surface area (Å²) in [5.41, 5.74) is 1.58. The molecule has 0 unspecified atom stereocenters. The number of hydrogen-bond acceptors (Lipinski definition) is 5. The second-order valence-electron chi connectivity index (χ2n) is 5.88. The molecule has 0 saturated heterocycles. The smallest absolute Gasteiger partial charge is 0.306 e. The van der Waals surface area contributed by atoms with Crippen LogP contribution < -0.4 is 10.6 Å². The number of nitrogens with one attached hydrogen (secondary N) is 2. The van der Waals surface area contributed by atoms with Gasteiger partial charge in [0, 0.05) is 26.2 Å². The molecule has 0 fully saturated rings. The van der Waals surface area contributed by atoms with Gasteiger partial charge in [-0.15, -0.1) is 0 Å². The first kappa shape index (κ1) is 21.6. The number of hydrogen-bond donors (Lipinski definition) is 2. The predicted octanol–water partition coefficient (Wildman–Crippen LogP) is 1.86. The summed E-state index contributed by atoms with van der Waals surface area (Å²) in [7, 11) is 3.42. The van der Waals surface area contributed by atoms with Crippen LogP contribution in [0.3, 0.4) is 0 Å². The highest BCUT2D eigenvalue weighted by molar-refractivity contribution is 7.80. The lowest BCUT2D eigenvalue weighted by atomic mass is 10.1. The maximum Gasteiger partial charge on any atom is 0.306 e. The third-order valence-electron chi connectivity index (χ3n) is 3.34. The molecule has 0 spiro atoms. The molecule has 0 atom stereocenters. The van der Waals surface area contributed by atoms with Gasteiger partial charge in [-0.25, -0.2) is 0 Å². The second-order valence-corrected chi connectivity index (χ2v) is 6.29. The summed E-state index contributed by atoms with van der Waals surface area (Å²) < 4.78 is 4.90. The topological polar surface area (TPSA) is 87.7 Å². The fraction of sp³-hybridized carbons (Fsp3) is 0.444. The molecule has 0 aromatic heterocycles. The Labute approximate surface area is 159 Å². The normalized spacial score (nSPS) is 9.96. The van der Waals surface area contributed by atoms with Gasteiger partial charge in [0.1, 0.15) is 0 Å². The molecule has 26 heavy (non-hydrogen) atoms. The van der Waals surface area contributed by atoms with Crippen molar-refractivity contribution < 1.29 is 19.1 Å². The summed E-state index contributed by atoms with van der Waals surface area (Å²) in [6, 6.07) is 7.19. The van der Waals surface area contributed by atoms with Gasteiger partial charge in [0.15, 0.2) is 5.11 Å². The first-order valence-corrected chi connectivity index (χ1v) is 8.78. The Morgan fingerprint density at radius 3 is 2.35 bits per heavy atom. The number of esters is 1. The van der Waals surface area contributed by atoms with E-state index in [1.54, 1.807) is 26.2 Å². The summed E-state index contributed by atoms with van der Waals surface area (Å²) in [5, 5.41) is 5.55. The molecule has 1 rings (SSSR count). The molecule has 8 heteroatoms. The van der Waals surface area contributed by atoms with Crippen molar-refractivity contribution in [1.29, 1.82) is 0 Å². The van der Waals surface area contributed by atoms with Crippen molar-refractivity contribution in [2.75, 3.05) is 26.0 Å². The number of carbonyl (C=O) groups is 3. The van der Waals surface area contributed by atoms with E-state index in [0.717, 1.165) is 12.0 Å². The molecule has 1 aromatic rings. The highest BCUT2D eigenvalue weighted by Gasteiger charge is 2.10. The molecule has 7 nitrogen and oxygen atoms in total. The summed E-state index contributed by atoms with van der Waals surface area (Å²) in [5.74, 6) is -0.737. The van der Waals surface area contributed by atoms with Crippen LogP contribution in [0.25, 0.3) is 0 Å². The van der Waals surface area contributed by atoms with Crippen molar-refractivity contribution in [2.24, 2.45) is 0 Å². The van der Waals surface area contributed by atoms with Gasteiger partial charge in [0.05, 0.1) is 19.4 Å². The number of nitrogens with zero attached hydrogens (tertiary/aromatic N) is 1. The summed E-state index contributed by atoms with van der Waals surface area (Å²) in [6.07, 6.45) is 1.09. The van der Waals surface area contributed by atoms with Gasteiger partial charge in [-0.2, -0.15) is 0 Å². The van der Waals surface area contributed by atoms with Gasteiger partial charge in [-0.1, -0.05) is 19.1 Å². The van der Waals surface area contributed by atoms with Crippen LogP contribution in [0.1, 0.15) is 31.7 Å². The van der Waals surface area contributed by atoms with Crippen molar-refractivity contribution in [3.63, 3.8) is 0 Å². The van der Waals surface area contributed by atoms with Crippen LogP contribution in [0.5, 0.6) is 0 Å². The van der Waals surface area contributed by atoms with Crippen molar-refractivity contribution in [3.8, 4) is 0 Å². The SMILES string of the molecule is CCCOC(=O)CCC(=O)NC(=S)Nc1ccc(CC(=O)N(C)C)cc1. The third kappa shape index (κ3) is 8.57. The van der Waals surface area contributed by atoms with Crippen molar-refractivity contribution in [3.05, 3.63) is 29.8 Å². The Kier molecular flexibility index (Phi) is 9.29. The summed E-state index contributed by atoms with van der Waals surface area (Å²) in [4.78, 5) is 36.3. The number of anilines is 1. The average Bonchev–Trinajstić information content (AvgIpc) is 2.59. The molecule has 142 valence electrons. The molecule has 0 aliphatic rings. The molecule has 0 saturated carbocycles. The first-order chi connectivity index (χ1) is 12.3. The van der Waals surface area contributed by atoms with Crippen LogP contribution in [-0.2, 0) is 25.5 Å². The van der Waals surface area contributed by atoms with Crippen LogP contribution >= 0.6 is 12.2 Å². The zero-order chi connectivity index (χ0) is 19.5.